The molecule has 11 aromatic heterocycles. The van der Waals surface area contributed by atoms with Gasteiger partial charge in [-0.2, -0.15) is 5.10 Å². The number of anilines is 1. The SMILES string of the molecule is CC(=O)Cc1nnc(CC(C)(C)C)s1.CC(C)(C)Cc1cscn1.CC(C)(C)Cc1n[nH]c(=O)s1.CC(C)(C)Cc1nnc(C2CC2)s1.CC(C)(C)Cc1nnc(N)s1.CC(C)(C)Cc1nncs1.CC(F)c1nnc(CC(C)(C)C)s1.CCc1nnc(CC(C)(C)C)s1.CCc1nnc(CC(C)(C)C)s1.COc1nnc(CC(C)(C)C)s1.Cc1nnc(CC(C)(C)C)s1. The van der Waals surface area contributed by atoms with Gasteiger partial charge in [0.05, 0.1) is 24.7 Å². The summed E-state index contributed by atoms with van der Waals surface area (Å²) in [6.07, 6.45) is 14.9. The average Bonchev–Trinajstić information content (AvgIpc) is 1.69. The zero-order valence-corrected chi connectivity index (χ0v) is 94.3. The van der Waals surface area contributed by atoms with E-state index < -0.39 is 6.17 Å². The molecule has 1 aliphatic carbocycles. The van der Waals surface area contributed by atoms with Gasteiger partial charge < -0.3 is 10.5 Å². The summed E-state index contributed by atoms with van der Waals surface area (Å²) in [7, 11) is 1.61. The number of halogens is 1. The van der Waals surface area contributed by atoms with E-state index in [1.165, 1.54) is 90.8 Å². The fourth-order valence-corrected chi connectivity index (χ4v) is 21.1. The van der Waals surface area contributed by atoms with Crippen molar-refractivity contribution in [3.8, 4) is 5.19 Å². The van der Waals surface area contributed by atoms with Crippen molar-refractivity contribution in [2.24, 2.45) is 59.6 Å². The Hall–Kier alpha value is -5.77. The molecule has 0 bridgehead atoms. The van der Waals surface area contributed by atoms with Crippen molar-refractivity contribution in [3.05, 3.63) is 112 Å². The Kier molecular flexibility index (Phi) is 50.6. The van der Waals surface area contributed by atoms with Crippen molar-refractivity contribution in [1.82, 2.24) is 107 Å². The summed E-state index contributed by atoms with van der Waals surface area (Å²) in [5, 5.41) is 98.3. The number of Topliss-reactive ketones (excluding diaryl/α,β-unsaturated/α-hetero) is 1. The Morgan fingerprint density at radius 2 is 0.760 bits per heavy atom. The van der Waals surface area contributed by atoms with E-state index in [1.54, 1.807) is 87.6 Å². The van der Waals surface area contributed by atoms with Crippen molar-refractivity contribution in [2.45, 2.75) is 378 Å². The number of rotatable bonds is 18. The highest BCUT2D eigenvalue weighted by atomic mass is 32.1. The number of hydrogen-bond donors (Lipinski definition) is 2. The van der Waals surface area contributed by atoms with E-state index in [0.717, 1.165) is 144 Å². The zero-order chi connectivity index (χ0) is 98.5. The second-order valence-electron chi connectivity index (χ2n) is 45.2. The second-order valence-corrected chi connectivity index (χ2v) is 56.9. The first kappa shape index (κ1) is 119. The van der Waals surface area contributed by atoms with Gasteiger partial charge in [0.2, 0.25) is 5.13 Å². The van der Waals surface area contributed by atoms with Gasteiger partial charge in [-0.15, -0.1) is 171 Å². The highest BCUT2D eigenvalue weighted by Crippen LogP contribution is 2.42. The van der Waals surface area contributed by atoms with Gasteiger partial charge in [0.1, 0.15) is 86.4 Å². The maximum absolute atomic E-state index is 12.8. The summed E-state index contributed by atoms with van der Waals surface area (Å²) in [5.41, 5.74) is 13.5. The summed E-state index contributed by atoms with van der Waals surface area (Å²) in [5.74, 6) is 0.898. The number of carbonyl (C=O) groups is 1. The lowest BCUT2D eigenvalue weighted by Gasteiger charge is -2.15. The molecular formula is C92H157FN22O3S11. The Morgan fingerprint density at radius 1 is 0.411 bits per heavy atom. The summed E-state index contributed by atoms with van der Waals surface area (Å²) in [6.45, 7) is 81.6. The monoisotopic (exact) mass is 1990 g/mol. The van der Waals surface area contributed by atoms with Crippen molar-refractivity contribution in [3.63, 3.8) is 0 Å². The maximum Gasteiger partial charge on any atom is 0.322 e. The predicted molar refractivity (Wildman–Crippen MR) is 549 cm³/mol. The van der Waals surface area contributed by atoms with Gasteiger partial charge in [-0.3, -0.25) is 9.59 Å². The number of nitrogens with one attached hydrogen (secondary N) is 1. The number of ether oxygens (including phenoxy) is 1. The summed E-state index contributed by atoms with van der Waals surface area (Å²) < 4.78 is 17.7. The Balaban J connectivity index is 0.000000481. The number of alkyl halides is 1. The normalized spacial score (nSPS) is 12.7. The third kappa shape index (κ3) is 64.7. The predicted octanol–water partition coefficient (Wildman–Crippen LogP) is 26.4. The van der Waals surface area contributed by atoms with Gasteiger partial charge in [-0.1, -0.05) is 288 Å². The molecule has 11 aromatic rings. The van der Waals surface area contributed by atoms with Gasteiger partial charge in [-0.25, -0.2) is 14.5 Å². The van der Waals surface area contributed by atoms with Gasteiger partial charge in [0, 0.05) is 75.5 Å². The molecule has 726 valence electrons. The van der Waals surface area contributed by atoms with Crippen LogP contribution in [0, 0.1) is 66.5 Å². The van der Waals surface area contributed by atoms with Crippen molar-refractivity contribution < 1.29 is 13.9 Å². The molecule has 1 atom stereocenters. The van der Waals surface area contributed by atoms with Crippen molar-refractivity contribution in [1.29, 1.82) is 0 Å². The molecule has 0 aromatic carbocycles. The molecule has 0 amide bonds. The van der Waals surface area contributed by atoms with Crippen LogP contribution < -0.4 is 15.3 Å². The third-order valence-electron chi connectivity index (χ3n) is 15.3. The van der Waals surface area contributed by atoms with Crippen LogP contribution in [0.5, 0.6) is 5.19 Å². The lowest BCUT2D eigenvalue weighted by atomic mass is 9.91. The number of thiazole rings is 1. The van der Waals surface area contributed by atoms with Gasteiger partial charge in [0.25, 0.3) is 5.19 Å². The van der Waals surface area contributed by atoms with Crippen LogP contribution in [0.25, 0.3) is 0 Å². The van der Waals surface area contributed by atoms with Crippen LogP contribution >= 0.6 is 125 Å². The molecule has 0 aliphatic heterocycles. The van der Waals surface area contributed by atoms with E-state index in [-0.39, 0.29) is 37.7 Å². The number of aromatic nitrogens is 21. The standard InChI is InChI=1S/C10H16N2OS.C10H16N2S.C9H15FN2S.2C9H16N2S.C8H14N2OS.C8H14N2S.C8H13NS.C7H13N3S.C7H12N2OS.C7H12N2S/c1-7(13)5-8-11-12-9(14-8)6-10(2,3)4;1-10(2,3)6-8-11-12-9(13-8)7-4-5-7;1-6(10)8-12-11-7(13-8)5-9(2,3)4;2*1-5-7-10-11-8(12-7)6-9(2,3)4;1-8(2,3)5-6-9-10-7(11-4)12-6;1-6-9-10-7(11-6)5-8(2,3)4;1-8(2,3)4-7-5-10-6-9-7;1-7(2,3)4-5-9-10-6(8)11-5;1-7(2,3)4-5-8-9-6(10)11-5;1-7(2,3)4-6-9-8-5-10-6/h5-6H2,1-4H3;7H,4-6H2,1-3H3;6H,5H2,1-4H3;2*5-6H2,1-4H3;5H2,1-4H3;5H2,1-4H3;5-6H,4H2,1-3H3;4H2,1-3H3,(H2,8,10);4H2,1-3H3,(H,9,10);5H,4H2,1-3H3. The zero-order valence-electron chi connectivity index (χ0n) is 85.3. The minimum atomic E-state index is -0.994. The summed E-state index contributed by atoms with van der Waals surface area (Å²) >= 11 is 17.4. The highest BCUT2D eigenvalue weighted by molar-refractivity contribution is 7.15. The minimum absolute atomic E-state index is 0.0655. The highest BCUT2D eigenvalue weighted by Gasteiger charge is 2.29. The average molecular weight is 1990 g/mol. The molecule has 1 aliphatic rings. The van der Waals surface area contributed by atoms with E-state index in [9.17, 15) is 14.0 Å². The van der Waals surface area contributed by atoms with Gasteiger partial charge >= 0.3 is 4.87 Å². The Morgan fingerprint density at radius 3 is 1.08 bits per heavy atom. The molecule has 1 saturated carbocycles. The molecule has 3 N–H and O–H groups in total. The molecule has 0 radical (unpaired) electrons. The number of H-pyrrole nitrogens is 1. The summed E-state index contributed by atoms with van der Waals surface area (Å²) in [4.78, 5) is 25.7. The molecule has 37 heteroatoms. The third-order valence-corrected chi connectivity index (χ3v) is 25.1. The van der Waals surface area contributed by atoms with Crippen LogP contribution in [0.4, 0.5) is 9.52 Å². The second kappa shape index (κ2) is 54.7. The van der Waals surface area contributed by atoms with Crippen LogP contribution in [0.15, 0.2) is 21.2 Å². The molecule has 12 rings (SSSR count). The number of nitrogens with two attached hydrogens (primary N) is 1. The van der Waals surface area contributed by atoms with Gasteiger partial charge in [-0.05, 0) is 112 Å². The molecule has 1 fully saturated rings. The largest absolute Gasteiger partial charge is 0.472 e. The fraction of sp³-hybridized carbons (Fsp3) is 0.739. The van der Waals surface area contributed by atoms with Crippen LogP contribution in [-0.4, -0.2) is 120 Å². The van der Waals surface area contributed by atoms with E-state index in [4.69, 9.17) is 10.5 Å². The van der Waals surface area contributed by atoms with E-state index in [1.807, 2.05) is 23.8 Å². The number of aromatic amines is 1. The van der Waals surface area contributed by atoms with Crippen LogP contribution in [-0.2, 0) is 94.7 Å². The molecule has 25 nitrogen and oxygen atoms in total. The molecule has 1 unspecified atom stereocenters. The number of methoxy groups -OCH3 is 1. The number of nitrogens with zero attached hydrogens (tertiary/aromatic N) is 20. The van der Waals surface area contributed by atoms with Crippen molar-refractivity contribution >= 4 is 136 Å². The van der Waals surface area contributed by atoms with Gasteiger partial charge in [0.15, 0.2) is 11.2 Å². The number of nitrogen functional groups attached to an aromatic ring is 1. The topological polar surface area (TPSA) is 343 Å². The van der Waals surface area contributed by atoms with E-state index in [0.29, 0.717) is 54.2 Å². The Bertz CT molecular complexity index is 4590. The summed E-state index contributed by atoms with van der Waals surface area (Å²) in [6, 6.07) is 0. The number of ketones is 1. The fourth-order valence-electron chi connectivity index (χ4n) is 10.1. The smallest absolute Gasteiger partial charge is 0.322 e. The first-order valence-electron chi connectivity index (χ1n) is 44.0. The molecular weight excluding hydrogens is 1830 g/mol. The number of hydrogen-bond acceptors (Lipinski definition) is 35. The first-order valence-corrected chi connectivity index (χ1v) is 53.2. The minimum Gasteiger partial charge on any atom is -0.472 e. The number of aryl methyl sites for hydroxylation is 3. The molecule has 11 heterocycles. The van der Waals surface area contributed by atoms with Crippen LogP contribution in [0.2, 0.25) is 0 Å². The lowest BCUT2D eigenvalue weighted by Crippen LogP contribution is -2.08. The van der Waals surface area contributed by atoms with Crippen molar-refractivity contribution in [2.75, 3.05) is 12.8 Å². The lowest BCUT2D eigenvalue weighted by molar-refractivity contribution is -0.116. The quantitative estimate of drug-likeness (QED) is 0.0806. The van der Waals surface area contributed by atoms with Crippen LogP contribution in [0.1, 0.15) is 367 Å². The Labute approximate surface area is 817 Å². The maximum atomic E-state index is 12.8. The molecule has 129 heavy (non-hydrogen) atoms. The number of carbonyl (C=O) groups excluding carboxylic acids is 1. The van der Waals surface area contributed by atoms with Crippen LogP contribution in [0.3, 0.4) is 0 Å². The molecule has 0 saturated heterocycles. The first-order chi connectivity index (χ1) is 58.9. The molecule has 0 spiro atoms. The van der Waals surface area contributed by atoms with E-state index in [2.05, 4.69) is 355 Å². The van der Waals surface area contributed by atoms with E-state index >= 15 is 0 Å².